The van der Waals surface area contributed by atoms with Crippen LogP contribution in [0.15, 0.2) is 48.5 Å². The molecule has 3 heteroatoms. The first-order valence-corrected chi connectivity index (χ1v) is 6.89. The van der Waals surface area contributed by atoms with Gasteiger partial charge in [0.15, 0.2) is 11.6 Å². The van der Waals surface area contributed by atoms with Crippen LogP contribution in [0.25, 0.3) is 0 Å². The molecule has 20 heavy (non-hydrogen) atoms. The van der Waals surface area contributed by atoms with Gasteiger partial charge in [-0.3, -0.25) is 0 Å². The largest absolute Gasteiger partial charge is 0.494 e. The molecule has 2 rings (SSSR count). The third-order valence-corrected chi connectivity index (χ3v) is 3.27. The maximum atomic E-state index is 13.7. The van der Waals surface area contributed by atoms with Crippen molar-refractivity contribution in [2.45, 2.75) is 25.8 Å². The molecule has 0 spiro atoms. The summed E-state index contributed by atoms with van der Waals surface area (Å²) in [7, 11) is 1.47. The van der Waals surface area contributed by atoms with E-state index < -0.39 is 0 Å². The van der Waals surface area contributed by atoms with Crippen LogP contribution >= 0.6 is 0 Å². The van der Waals surface area contributed by atoms with Gasteiger partial charge in [0.1, 0.15) is 0 Å². The number of rotatable bonds is 6. The molecule has 0 radical (unpaired) electrons. The fraction of sp³-hybridized carbons (Fsp3) is 0.294. The molecule has 0 aliphatic heterocycles. The summed E-state index contributed by atoms with van der Waals surface area (Å²) in [4.78, 5) is 0. The molecule has 2 aromatic carbocycles. The summed E-state index contributed by atoms with van der Waals surface area (Å²) >= 11 is 0. The first-order chi connectivity index (χ1) is 9.74. The van der Waals surface area contributed by atoms with Crippen LogP contribution in [-0.2, 0) is 0 Å². The first-order valence-electron chi connectivity index (χ1n) is 6.89. The zero-order valence-electron chi connectivity index (χ0n) is 11.9. The second-order valence-corrected chi connectivity index (χ2v) is 4.75. The van der Waals surface area contributed by atoms with Gasteiger partial charge in [0.2, 0.25) is 0 Å². The Balaban J connectivity index is 2.18. The van der Waals surface area contributed by atoms with E-state index in [1.165, 1.54) is 18.7 Å². The predicted octanol–water partition coefficient (Wildman–Crippen LogP) is 4.79. The summed E-state index contributed by atoms with van der Waals surface area (Å²) in [5.41, 5.74) is 1.98. The minimum absolute atomic E-state index is 0.189. The molecule has 106 valence electrons. The van der Waals surface area contributed by atoms with E-state index in [2.05, 4.69) is 24.4 Å². The van der Waals surface area contributed by atoms with Gasteiger partial charge in [-0.15, -0.1) is 0 Å². The lowest BCUT2D eigenvalue weighted by Gasteiger charge is -2.20. The highest BCUT2D eigenvalue weighted by Crippen LogP contribution is 2.26. The number of methoxy groups -OCH3 is 1. The fourth-order valence-electron chi connectivity index (χ4n) is 2.25. The van der Waals surface area contributed by atoms with E-state index >= 15 is 0 Å². The van der Waals surface area contributed by atoms with Crippen molar-refractivity contribution in [1.82, 2.24) is 0 Å². The van der Waals surface area contributed by atoms with Crippen molar-refractivity contribution in [2.75, 3.05) is 12.4 Å². The molecule has 2 aromatic rings. The van der Waals surface area contributed by atoms with Gasteiger partial charge >= 0.3 is 0 Å². The average Bonchev–Trinajstić information content (AvgIpc) is 2.48. The van der Waals surface area contributed by atoms with Crippen molar-refractivity contribution in [2.24, 2.45) is 0 Å². The van der Waals surface area contributed by atoms with Crippen molar-refractivity contribution in [3.05, 3.63) is 59.9 Å². The molecule has 1 unspecified atom stereocenters. The first kappa shape index (κ1) is 14.4. The standard InChI is InChI=1S/C17H20FNO/c1-3-7-16(13-8-5-4-6-9-13)19-14-10-11-17(20-2)15(18)12-14/h4-6,8-12,16,19H,3,7H2,1-2H3. The Kier molecular flexibility index (Phi) is 4.99. The van der Waals surface area contributed by atoms with E-state index in [0.717, 1.165) is 18.5 Å². The van der Waals surface area contributed by atoms with E-state index in [4.69, 9.17) is 4.74 Å². The van der Waals surface area contributed by atoms with Crippen LogP contribution in [0.1, 0.15) is 31.4 Å². The third-order valence-electron chi connectivity index (χ3n) is 3.27. The number of hydrogen-bond donors (Lipinski definition) is 1. The summed E-state index contributed by atoms with van der Waals surface area (Å²) < 4.78 is 18.7. The second-order valence-electron chi connectivity index (χ2n) is 4.75. The lowest BCUT2D eigenvalue weighted by Crippen LogP contribution is -2.10. The Morgan fingerprint density at radius 3 is 2.50 bits per heavy atom. The zero-order chi connectivity index (χ0) is 14.4. The van der Waals surface area contributed by atoms with Crippen LogP contribution < -0.4 is 10.1 Å². The Bertz CT molecular complexity index is 542. The van der Waals surface area contributed by atoms with Crippen LogP contribution in [0.3, 0.4) is 0 Å². The SMILES string of the molecule is CCCC(Nc1ccc(OC)c(F)c1)c1ccccc1. The summed E-state index contributed by atoms with van der Waals surface area (Å²) in [5, 5.41) is 3.39. The van der Waals surface area contributed by atoms with Crippen LogP contribution in [0.4, 0.5) is 10.1 Å². The molecular formula is C17H20FNO. The van der Waals surface area contributed by atoms with Gasteiger partial charge in [-0.1, -0.05) is 43.7 Å². The molecule has 0 amide bonds. The van der Waals surface area contributed by atoms with Gasteiger partial charge in [0.05, 0.1) is 13.2 Å². The van der Waals surface area contributed by atoms with Gasteiger partial charge in [-0.25, -0.2) is 4.39 Å². The van der Waals surface area contributed by atoms with Crippen molar-refractivity contribution in [3.8, 4) is 5.75 Å². The summed E-state index contributed by atoms with van der Waals surface area (Å²) in [6.07, 6.45) is 2.06. The number of halogens is 1. The molecule has 0 aromatic heterocycles. The number of anilines is 1. The Morgan fingerprint density at radius 2 is 1.90 bits per heavy atom. The number of hydrogen-bond acceptors (Lipinski definition) is 2. The number of ether oxygens (including phenoxy) is 1. The quantitative estimate of drug-likeness (QED) is 0.817. The topological polar surface area (TPSA) is 21.3 Å². The summed E-state index contributed by atoms with van der Waals surface area (Å²) in [6.45, 7) is 2.15. The number of nitrogens with one attached hydrogen (secondary N) is 1. The molecule has 2 nitrogen and oxygen atoms in total. The molecule has 0 aliphatic rings. The molecule has 0 saturated carbocycles. The van der Waals surface area contributed by atoms with Crippen molar-refractivity contribution in [1.29, 1.82) is 0 Å². The van der Waals surface area contributed by atoms with Crippen molar-refractivity contribution >= 4 is 5.69 Å². The van der Waals surface area contributed by atoms with Gasteiger partial charge in [-0.05, 0) is 24.1 Å². The van der Waals surface area contributed by atoms with E-state index in [-0.39, 0.29) is 17.6 Å². The lowest BCUT2D eigenvalue weighted by molar-refractivity contribution is 0.386. The van der Waals surface area contributed by atoms with E-state index in [1.54, 1.807) is 6.07 Å². The fourth-order valence-corrected chi connectivity index (χ4v) is 2.25. The van der Waals surface area contributed by atoms with E-state index in [0.29, 0.717) is 0 Å². The van der Waals surface area contributed by atoms with Crippen LogP contribution in [-0.4, -0.2) is 7.11 Å². The minimum atomic E-state index is -0.346. The third kappa shape index (κ3) is 3.50. The van der Waals surface area contributed by atoms with Gasteiger partial charge in [-0.2, -0.15) is 0 Å². The zero-order valence-corrected chi connectivity index (χ0v) is 11.9. The maximum absolute atomic E-state index is 13.7. The number of benzene rings is 2. The molecule has 0 fully saturated rings. The highest BCUT2D eigenvalue weighted by molar-refractivity contribution is 5.49. The molecule has 0 saturated heterocycles. The van der Waals surface area contributed by atoms with Crippen molar-refractivity contribution in [3.63, 3.8) is 0 Å². The Morgan fingerprint density at radius 1 is 1.15 bits per heavy atom. The van der Waals surface area contributed by atoms with Gasteiger partial charge in [0.25, 0.3) is 0 Å². The average molecular weight is 273 g/mol. The van der Waals surface area contributed by atoms with Gasteiger partial charge in [0, 0.05) is 11.8 Å². The molecule has 1 N–H and O–H groups in total. The predicted molar refractivity (Wildman–Crippen MR) is 80.7 cm³/mol. The summed E-state index contributed by atoms with van der Waals surface area (Å²) in [5.74, 6) is -0.0805. The minimum Gasteiger partial charge on any atom is -0.494 e. The van der Waals surface area contributed by atoms with Crippen LogP contribution in [0.5, 0.6) is 5.75 Å². The molecule has 0 bridgehead atoms. The molecule has 0 heterocycles. The highest BCUT2D eigenvalue weighted by atomic mass is 19.1. The molecular weight excluding hydrogens is 253 g/mol. The van der Waals surface area contributed by atoms with Crippen molar-refractivity contribution < 1.29 is 9.13 Å². The van der Waals surface area contributed by atoms with Crippen LogP contribution in [0.2, 0.25) is 0 Å². The van der Waals surface area contributed by atoms with E-state index in [9.17, 15) is 4.39 Å². The smallest absolute Gasteiger partial charge is 0.167 e. The highest BCUT2D eigenvalue weighted by Gasteiger charge is 2.11. The molecule has 0 aliphatic carbocycles. The Labute approximate surface area is 119 Å². The van der Waals surface area contributed by atoms with Crippen LogP contribution in [0, 0.1) is 5.82 Å². The summed E-state index contributed by atoms with van der Waals surface area (Å²) in [6, 6.07) is 15.4. The van der Waals surface area contributed by atoms with Gasteiger partial charge < -0.3 is 10.1 Å². The second kappa shape index (κ2) is 6.94. The monoisotopic (exact) mass is 273 g/mol. The molecule has 1 atom stereocenters. The Hall–Kier alpha value is -2.03. The maximum Gasteiger partial charge on any atom is 0.167 e. The normalized spacial score (nSPS) is 11.9. The van der Waals surface area contributed by atoms with E-state index in [1.807, 2.05) is 24.3 Å². The lowest BCUT2D eigenvalue weighted by atomic mass is 10.0.